The van der Waals surface area contributed by atoms with Gasteiger partial charge in [0.2, 0.25) is 11.8 Å². The normalized spacial score (nSPS) is 20.1. The van der Waals surface area contributed by atoms with Crippen molar-refractivity contribution in [1.29, 1.82) is 0 Å². The van der Waals surface area contributed by atoms with Gasteiger partial charge in [-0.2, -0.15) is 13.2 Å². The lowest BCUT2D eigenvalue weighted by Gasteiger charge is -2.34. The number of sulfone groups is 1. The van der Waals surface area contributed by atoms with Crippen molar-refractivity contribution < 1.29 is 35.9 Å². The number of methoxy groups -OCH3 is 1. The minimum absolute atomic E-state index is 0.0217. The number of halogens is 3. The van der Waals surface area contributed by atoms with E-state index in [0.717, 1.165) is 19.0 Å². The lowest BCUT2D eigenvalue weighted by Crippen LogP contribution is -2.44. The molecule has 3 aromatic rings. The summed E-state index contributed by atoms with van der Waals surface area (Å²) in [4.78, 5) is 22.8. The molecule has 2 aromatic heterocycles. The van der Waals surface area contributed by atoms with E-state index >= 15 is 0 Å². The van der Waals surface area contributed by atoms with E-state index in [9.17, 15) is 26.4 Å². The molecule has 0 unspecified atom stereocenters. The number of carbonyl (C=O) groups is 1. The van der Waals surface area contributed by atoms with Crippen LogP contribution in [0.25, 0.3) is 11.0 Å². The fourth-order valence-corrected chi connectivity index (χ4v) is 7.04. The number of hydrogen-bond donors (Lipinski definition) is 1. The Bertz CT molecular complexity index is 1510. The van der Waals surface area contributed by atoms with E-state index in [1.54, 1.807) is 12.3 Å². The number of pyridine rings is 2. The topological polar surface area (TPSA) is 111 Å². The third-order valence-corrected chi connectivity index (χ3v) is 9.44. The molecule has 0 spiro atoms. The van der Waals surface area contributed by atoms with E-state index in [1.165, 1.54) is 31.4 Å². The number of nitrogens with one attached hydrogen (secondary N) is 1. The molecule has 2 atom stereocenters. The Hall–Kier alpha value is -3.45. The standard InChI is InChI=1S/C28H31F3N4O5S/c1-35(27(36)18-10-13-41(37,38)14-11-18)26(28(29,30)31)17-3-5-20(6-4-17)33-22-15-32-21-7-8-23(39-2)34-25(21)24(22)19-9-12-40-16-19/h3-8,15,18-19,26,33H,9-14,16H2,1-2H3/t19-,26+/m1/s1. The van der Waals surface area contributed by atoms with Gasteiger partial charge in [0.15, 0.2) is 6.04 Å². The molecule has 0 bridgehead atoms. The SMILES string of the molecule is COc1ccc2ncc(Nc3ccc([C@H](N(C)C(=O)C4CCS(=O)(=O)CC4)C(F)(F)F)cc3)c([C@@H]3CCOC3)c2n1. The van der Waals surface area contributed by atoms with Crippen LogP contribution in [0.1, 0.15) is 42.3 Å². The first-order valence-electron chi connectivity index (χ1n) is 13.3. The lowest BCUT2D eigenvalue weighted by molar-refractivity contribution is -0.190. The molecule has 0 aliphatic carbocycles. The van der Waals surface area contributed by atoms with Crippen molar-refractivity contribution in [3.63, 3.8) is 0 Å². The molecule has 2 aliphatic heterocycles. The van der Waals surface area contributed by atoms with Gasteiger partial charge in [-0.3, -0.25) is 9.78 Å². The van der Waals surface area contributed by atoms with Gasteiger partial charge in [-0.1, -0.05) is 12.1 Å². The summed E-state index contributed by atoms with van der Waals surface area (Å²) in [7, 11) is -0.603. The first kappa shape index (κ1) is 29.1. The van der Waals surface area contributed by atoms with Crippen LogP contribution in [0.15, 0.2) is 42.6 Å². The number of benzene rings is 1. The molecule has 1 N–H and O–H groups in total. The molecule has 0 saturated carbocycles. The number of alkyl halides is 3. The second kappa shape index (κ2) is 11.4. The molecule has 2 saturated heterocycles. The second-order valence-corrected chi connectivity index (χ2v) is 12.7. The summed E-state index contributed by atoms with van der Waals surface area (Å²) in [5.41, 5.74) is 3.33. The summed E-state index contributed by atoms with van der Waals surface area (Å²) in [6, 6.07) is 7.10. The molecule has 13 heteroatoms. The Labute approximate surface area is 236 Å². The van der Waals surface area contributed by atoms with Crippen molar-refractivity contribution >= 4 is 38.2 Å². The van der Waals surface area contributed by atoms with Crippen LogP contribution in [0.3, 0.4) is 0 Å². The molecule has 220 valence electrons. The number of ether oxygens (including phenoxy) is 2. The van der Waals surface area contributed by atoms with Gasteiger partial charge in [-0.15, -0.1) is 0 Å². The summed E-state index contributed by atoms with van der Waals surface area (Å²) in [5.74, 6) is -1.39. The van der Waals surface area contributed by atoms with Crippen LogP contribution in [-0.4, -0.2) is 74.2 Å². The zero-order chi connectivity index (χ0) is 29.4. The fraction of sp³-hybridized carbons (Fsp3) is 0.464. The monoisotopic (exact) mass is 592 g/mol. The van der Waals surface area contributed by atoms with Gasteiger partial charge in [0.05, 0.1) is 48.1 Å². The predicted octanol–water partition coefficient (Wildman–Crippen LogP) is 4.77. The van der Waals surface area contributed by atoms with Crippen molar-refractivity contribution in [2.75, 3.05) is 44.2 Å². The van der Waals surface area contributed by atoms with Gasteiger partial charge >= 0.3 is 6.18 Å². The minimum Gasteiger partial charge on any atom is -0.481 e. The second-order valence-electron chi connectivity index (χ2n) is 10.4. The summed E-state index contributed by atoms with van der Waals surface area (Å²) in [5, 5.41) is 3.28. The summed E-state index contributed by atoms with van der Waals surface area (Å²) < 4.78 is 77.1. The molecule has 41 heavy (non-hydrogen) atoms. The van der Waals surface area contributed by atoms with E-state index in [1.807, 2.05) is 6.07 Å². The number of hydrogen-bond acceptors (Lipinski definition) is 8. The number of anilines is 2. The Morgan fingerprint density at radius 1 is 1.12 bits per heavy atom. The van der Waals surface area contributed by atoms with Gasteiger partial charge in [-0.05, 0) is 43.0 Å². The first-order valence-corrected chi connectivity index (χ1v) is 15.1. The van der Waals surface area contributed by atoms with Gasteiger partial charge in [0.25, 0.3) is 0 Å². The van der Waals surface area contributed by atoms with Crippen LogP contribution in [-0.2, 0) is 19.4 Å². The van der Waals surface area contributed by atoms with Crippen LogP contribution in [0.5, 0.6) is 5.88 Å². The molecule has 1 aromatic carbocycles. The number of aromatic nitrogens is 2. The van der Waals surface area contributed by atoms with E-state index in [2.05, 4.69) is 15.3 Å². The number of rotatable bonds is 7. The molecular weight excluding hydrogens is 561 g/mol. The van der Waals surface area contributed by atoms with Crippen LogP contribution in [0.2, 0.25) is 0 Å². The maximum Gasteiger partial charge on any atom is 0.413 e. The highest BCUT2D eigenvalue weighted by atomic mass is 32.2. The minimum atomic E-state index is -4.73. The van der Waals surface area contributed by atoms with Crippen molar-refractivity contribution in [3.8, 4) is 5.88 Å². The van der Waals surface area contributed by atoms with Crippen LogP contribution < -0.4 is 10.1 Å². The van der Waals surface area contributed by atoms with Gasteiger partial charge in [-0.25, -0.2) is 13.4 Å². The summed E-state index contributed by atoms with van der Waals surface area (Å²) in [6.07, 6.45) is -2.23. The largest absolute Gasteiger partial charge is 0.481 e. The molecule has 2 fully saturated rings. The fourth-order valence-electron chi connectivity index (χ4n) is 5.54. The van der Waals surface area contributed by atoms with E-state index in [-0.39, 0.29) is 35.8 Å². The zero-order valence-corrected chi connectivity index (χ0v) is 23.5. The van der Waals surface area contributed by atoms with Crippen molar-refractivity contribution in [3.05, 3.63) is 53.7 Å². The molecular formula is C28H31F3N4O5S. The first-order chi connectivity index (χ1) is 19.5. The van der Waals surface area contributed by atoms with Gasteiger partial charge in [0.1, 0.15) is 9.84 Å². The molecule has 4 heterocycles. The predicted molar refractivity (Wildman–Crippen MR) is 147 cm³/mol. The number of carbonyl (C=O) groups excluding carboxylic acids is 1. The quantitative estimate of drug-likeness (QED) is 0.418. The Balaban J connectivity index is 1.41. The highest BCUT2D eigenvalue weighted by molar-refractivity contribution is 7.91. The molecule has 1 amide bonds. The molecule has 2 aliphatic rings. The Morgan fingerprint density at radius 2 is 1.83 bits per heavy atom. The molecule has 5 rings (SSSR count). The van der Waals surface area contributed by atoms with Crippen LogP contribution in [0, 0.1) is 5.92 Å². The van der Waals surface area contributed by atoms with Crippen LogP contribution in [0.4, 0.5) is 24.5 Å². The molecule has 0 radical (unpaired) electrons. The van der Waals surface area contributed by atoms with Crippen molar-refractivity contribution in [2.45, 2.75) is 37.4 Å². The maximum atomic E-state index is 14.2. The van der Waals surface area contributed by atoms with Gasteiger partial charge in [0, 0.05) is 42.8 Å². The average Bonchev–Trinajstić information content (AvgIpc) is 3.47. The van der Waals surface area contributed by atoms with E-state index in [0.29, 0.717) is 46.4 Å². The highest BCUT2D eigenvalue weighted by Gasteiger charge is 2.46. The zero-order valence-electron chi connectivity index (χ0n) is 22.6. The number of nitrogens with zero attached hydrogens (tertiary/aromatic N) is 3. The van der Waals surface area contributed by atoms with Crippen molar-refractivity contribution in [2.24, 2.45) is 5.92 Å². The summed E-state index contributed by atoms with van der Waals surface area (Å²) >= 11 is 0. The Kier molecular flexibility index (Phi) is 8.11. The highest BCUT2D eigenvalue weighted by Crippen LogP contribution is 2.40. The smallest absolute Gasteiger partial charge is 0.413 e. The van der Waals surface area contributed by atoms with Crippen molar-refractivity contribution in [1.82, 2.24) is 14.9 Å². The van der Waals surface area contributed by atoms with E-state index in [4.69, 9.17) is 9.47 Å². The van der Waals surface area contributed by atoms with Gasteiger partial charge < -0.3 is 19.7 Å². The maximum absolute atomic E-state index is 14.2. The molecule has 9 nitrogen and oxygen atoms in total. The number of fused-ring (bicyclic) bond motifs is 1. The van der Waals surface area contributed by atoms with Crippen LogP contribution >= 0.6 is 0 Å². The third-order valence-electron chi connectivity index (χ3n) is 7.73. The average molecular weight is 593 g/mol. The lowest BCUT2D eigenvalue weighted by atomic mass is 9.95. The third kappa shape index (κ3) is 6.25. The van der Waals surface area contributed by atoms with E-state index < -0.39 is 33.9 Å². The Morgan fingerprint density at radius 3 is 2.44 bits per heavy atom. The summed E-state index contributed by atoms with van der Waals surface area (Å²) in [6.45, 7) is 1.11. The number of amides is 1.